The van der Waals surface area contributed by atoms with E-state index in [0.29, 0.717) is 13.2 Å². The van der Waals surface area contributed by atoms with Crippen molar-refractivity contribution in [3.8, 4) is 0 Å². The Kier molecular flexibility index (Phi) is 5.97. The molecule has 24 heavy (non-hydrogen) atoms. The quantitative estimate of drug-likeness (QED) is 0.778. The van der Waals surface area contributed by atoms with Crippen molar-refractivity contribution >= 4 is 33.2 Å². The number of carbonyl (C=O) groups is 2. The summed E-state index contributed by atoms with van der Waals surface area (Å²) in [5.41, 5.74) is 0. The van der Waals surface area contributed by atoms with Crippen LogP contribution in [0, 0.1) is 5.92 Å². The fraction of sp³-hybridized carbons (Fsp3) is 0.571. The van der Waals surface area contributed by atoms with Gasteiger partial charge in [0.25, 0.3) is 5.91 Å². The number of carbonyl (C=O) groups excluding carboxylic acids is 1. The first-order chi connectivity index (χ1) is 11.2. The molecule has 1 fully saturated rings. The summed E-state index contributed by atoms with van der Waals surface area (Å²) in [7, 11) is -2.31. The third-order valence-electron chi connectivity index (χ3n) is 3.73. The van der Waals surface area contributed by atoms with Gasteiger partial charge in [0.2, 0.25) is 10.0 Å². The number of hydrogen-bond donors (Lipinski definition) is 1. The molecule has 1 aliphatic heterocycles. The van der Waals surface area contributed by atoms with Crippen LogP contribution in [0.2, 0.25) is 0 Å². The van der Waals surface area contributed by atoms with Crippen LogP contribution in [0.15, 0.2) is 16.3 Å². The van der Waals surface area contributed by atoms with Crippen molar-refractivity contribution in [3.63, 3.8) is 0 Å². The number of amides is 1. The van der Waals surface area contributed by atoms with Crippen LogP contribution in [0.1, 0.15) is 16.6 Å². The van der Waals surface area contributed by atoms with Gasteiger partial charge in [-0.1, -0.05) is 6.92 Å². The molecule has 2 heterocycles. The summed E-state index contributed by atoms with van der Waals surface area (Å²) in [6.45, 7) is 2.63. The average molecular weight is 376 g/mol. The van der Waals surface area contributed by atoms with Gasteiger partial charge in [0.15, 0.2) is 0 Å². The van der Waals surface area contributed by atoms with Crippen LogP contribution in [0.25, 0.3) is 0 Å². The first kappa shape index (κ1) is 18.8. The Bertz CT molecular complexity index is 709. The average Bonchev–Trinajstić information content (AvgIpc) is 3.05. The van der Waals surface area contributed by atoms with Gasteiger partial charge < -0.3 is 14.7 Å². The molecule has 2 rings (SSSR count). The topological polar surface area (TPSA) is 104 Å². The lowest BCUT2D eigenvalue weighted by molar-refractivity contribution is -0.141. The van der Waals surface area contributed by atoms with Crippen molar-refractivity contribution < 1.29 is 27.9 Å². The highest BCUT2D eigenvalue weighted by atomic mass is 32.2. The van der Waals surface area contributed by atoms with Gasteiger partial charge in [0, 0.05) is 26.7 Å². The molecule has 1 atom stereocenters. The molecule has 1 aliphatic rings. The third-order valence-corrected chi connectivity index (χ3v) is 6.70. The van der Waals surface area contributed by atoms with Gasteiger partial charge in [-0.05, 0) is 11.4 Å². The van der Waals surface area contributed by atoms with Crippen molar-refractivity contribution in [2.24, 2.45) is 5.92 Å². The Morgan fingerprint density at radius 1 is 1.42 bits per heavy atom. The summed E-state index contributed by atoms with van der Waals surface area (Å²) in [5, 5.41) is 10.5. The lowest BCUT2D eigenvalue weighted by atomic mass is 10.2. The highest BCUT2D eigenvalue weighted by molar-refractivity contribution is 7.89. The molecule has 0 aromatic carbocycles. The number of hydrogen-bond acceptors (Lipinski definition) is 6. The van der Waals surface area contributed by atoms with E-state index in [2.05, 4.69) is 0 Å². The fourth-order valence-corrected chi connectivity index (χ4v) is 5.12. The van der Waals surface area contributed by atoms with Gasteiger partial charge in [-0.2, -0.15) is 4.31 Å². The van der Waals surface area contributed by atoms with E-state index >= 15 is 0 Å². The normalized spacial score (nSPS) is 17.4. The summed E-state index contributed by atoms with van der Waals surface area (Å²) in [4.78, 5) is 24.8. The lowest BCUT2D eigenvalue weighted by Crippen LogP contribution is -2.41. The Labute approximate surface area is 144 Å². The van der Waals surface area contributed by atoms with Crippen LogP contribution in [0.3, 0.4) is 0 Å². The minimum absolute atomic E-state index is 0.00308. The standard InChI is InChI=1S/C14H20N2O6S2/c1-10(14(18)19)9-15(2)13(17)12-11(3-8-23-12)24(20,21)16-4-6-22-7-5-16/h3,8,10H,4-7,9H2,1-2H3,(H,18,19). The number of carboxylic acid groups (broad SMARTS) is 1. The molecule has 0 radical (unpaired) electrons. The maximum absolute atomic E-state index is 12.7. The van der Waals surface area contributed by atoms with Crippen LogP contribution in [-0.2, 0) is 19.6 Å². The number of nitrogens with zero attached hydrogens (tertiary/aromatic N) is 2. The van der Waals surface area contributed by atoms with Gasteiger partial charge >= 0.3 is 5.97 Å². The number of ether oxygens (including phenoxy) is 1. The predicted octanol–water partition coefficient (Wildman–Crippen LogP) is 0.562. The van der Waals surface area contributed by atoms with Crippen molar-refractivity contribution in [2.75, 3.05) is 39.9 Å². The number of thiophene rings is 1. The number of morpholine rings is 1. The minimum atomic E-state index is -3.77. The zero-order chi connectivity index (χ0) is 17.9. The molecule has 1 aromatic rings. The zero-order valence-corrected chi connectivity index (χ0v) is 15.1. The summed E-state index contributed by atoms with van der Waals surface area (Å²) in [5.74, 6) is -2.25. The van der Waals surface area contributed by atoms with E-state index in [0.717, 1.165) is 11.3 Å². The van der Waals surface area contributed by atoms with Crippen LogP contribution in [0.5, 0.6) is 0 Å². The predicted molar refractivity (Wildman–Crippen MR) is 87.7 cm³/mol. The van der Waals surface area contributed by atoms with E-state index < -0.39 is 27.8 Å². The smallest absolute Gasteiger partial charge is 0.308 e. The van der Waals surface area contributed by atoms with Crippen LogP contribution in [0.4, 0.5) is 0 Å². The maximum atomic E-state index is 12.7. The summed E-state index contributed by atoms with van der Waals surface area (Å²) in [6, 6.07) is 1.41. The molecule has 8 nitrogen and oxygen atoms in total. The molecule has 1 N–H and O–H groups in total. The Morgan fingerprint density at radius 2 is 2.04 bits per heavy atom. The monoisotopic (exact) mass is 376 g/mol. The second kappa shape index (κ2) is 7.60. The van der Waals surface area contributed by atoms with Crippen molar-refractivity contribution in [3.05, 3.63) is 16.3 Å². The first-order valence-corrected chi connectivity index (χ1v) is 9.70. The molecule has 0 bridgehead atoms. The number of aliphatic carboxylic acids is 1. The van der Waals surface area contributed by atoms with Crippen molar-refractivity contribution in [1.82, 2.24) is 9.21 Å². The molecule has 1 unspecified atom stereocenters. The largest absolute Gasteiger partial charge is 0.481 e. The van der Waals surface area contributed by atoms with Gasteiger partial charge in [-0.15, -0.1) is 11.3 Å². The van der Waals surface area contributed by atoms with Gasteiger partial charge in [0.05, 0.1) is 19.1 Å². The van der Waals surface area contributed by atoms with E-state index in [9.17, 15) is 18.0 Å². The van der Waals surface area contributed by atoms with Crippen LogP contribution < -0.4 is 0 Å². The summed E-state index contributed by atoms with van der Waals surface area (Å²) < 4.78 is 31.9. The van der Waals surface area contributed by atoms with Crippen molar-refractivity contribution in [1.29, 1.82) is 0 Å². The van der Waals surface area contributed by atoms with E-state index in [4.69, 9.17) is 9.84 Å². The molecule has 0 aliphatic carbocycles. The zero-order valence-electron chi connectivity index (χ0n) is 13.5. The van der Waals surface area contributed by atoms with Gasteiger partial charge in [0.1, 0.15) is 9.77 Å². The van der Waals surface area contributed by atoms with E-state index in [1.54, 1.807) is 5.38 Å². The van der Waals surface area contributed by atoms with Gasteiger partial charge in [-0.25, -0.2) is 8.42 Å². The second-order valence-electron chi connectivity index (χ2n) is 5.56. The summed E-state index contributed by atoms with van der Waals surface area (Å²) >= 11 is 1.04. The molecule has 1 saturated heterocycles. The fourth-order valence-electron chi connectivity index (χ4n) is 2.33. The molecule has 1 amide bonds. The SMILES string of the molecule is CC(CN(C)C(=O)c1sccc1S(=O)(=O)N1CCOCC1)C(=O)O. The maximum Gasteiger partial charge on any atom is 0.308 e. The van der Waals surface area contributed by atoms with Crippen LogP contribution in [-0.4, -0.2) is 74.5 Å². The lowest BCUT2D eigenvalue weighted by Gasteiger charge is -2.26. The van der Waals surface area contributed by atoms with E-state index in [1.165, 1.54) is 29.2 Å². The highest BCUT2D eigenvalue weighted by Gasteiger charge is 2.32. The Balaban J connectivity index is 2.23. The highest BCUT2D eigenvalue weighted by Crippen LogP contribution is 2.27. The second-order valence-corrected chi connectivity index (χ2v) is 8.38. The summed E-state index contributed by atoms with van der Waals surface area (Å²) in [6.07, 6.45) is 0. The molecule has 10 heteroatoms. The molecular weight excluding hydrogens is 356 g/mol. The minimum Gasteiger partial charge on any atom is -0.481 e. The molecule has 1 aromatic heterocycles. The molecule has 0 spiro atoms. The Morgan fingerprint density at radius 3 is 2.62 bits per heavy atom. The van der Waals surface area contributed by atoms with Crippen molar-refractivity contribution in [2.45, 2.75) is 11.8 Å². The third kappa shape index (κ3) is 3.94. The van der Waals surface area contributed by atoms with E-state index in [1.807, 2.05) is 0 Å². The number of carboxylic acids is 1. The molecular formula is C14H20N2O6S2. The number of rotatable bonds is 6. The molecule has 134 valence electrons. The Hall–Kier alpha value is -1.49. The van der Waals surface area contributed by atoms with Gasteiger partial charge in [-0.3, -0.25) is 9.59 Å². The number of sulfonamides is 1. The molecule has 0 saturated carbocycles. The van der Waals surface area contributed by atoms with Crippen LogP contribution >= 0.6 is 11.3 Å². The van der Waals surface area contributed by atoms with E-state index in [-0.39, 0.29) is 29.4 Å². The first-order valence-electron chi connectivity index (χ1n) is 7.38.